The standard InChI is InChI=1S/C13H10O2.2C2H6/c14-8-5-6-10-9-3-1-2-4-11(9)13(15)12(10)7-8;2*1-2/h1-7,10,12,14H;2*1-2H3. The van der Waals surface area contributed by atoms with Gasteiger partial charge in [-0.25, -0.2) is 0 Å². The maximum Gasteiger partial charge on any atom is 0.171 e. The smallest absolute Gasteiger partial charge is 0.171 e. The molecular weight excluding hydrogens is 236 g/mol. The van der Waals surface area contributed by atoms with E-state index in [0.29, 0.717) is 0 Å². The molecule has 1 N–H and O–H groups in total. The summed E-state index contributed by atoms with van der Waals surface area (Å²) in [6.07, 6.45) is 5.22. The molecule has 0 bridgehead atoms. The van der Waals surface area contributed by atoms with Crippen LogP contribution in [0.3, 0.4) is 0 Å². The molecule has 0 spiro atoms. The van der Waals surface area contributed by atoms with Crippen LogP contribution in [0.1, 0.15) is 49.5 Å². The predicted molar refractivity (Wildman–Crippen MR) is 79.6 cm³/mol. The summed E-state index contributed by atoms with van der Waals surface area (Å²) in [5.41, 5.74) is 1.87. The lowest BCUT2D eigenvalue weighted by molar-refractivity contribution is 0.0952. The molecule has 1 aromatic carbocycles. The first-order valence-electron chi connectivity index (χ1n) is 6.99. The normalized spacial score (nSPS) is 22.1. The van der Waals surface area contributed by atoms with Gasteiger partial charge < -0.3 is 5.11 Å². The van der Waals surface area contributed by atoms with E-state index in [1.165, 1.54) is 0 Å². The van der Waals surface area contributed by atoms with E-state index >= 15 is 0 Å². The van der Waals surface area contributed by atoms with Crippen LogP contribution in [0.25, 0.3) is 0 Å². The van der Waals surface area contributed by atoms with Crippen molar-refractivity contribution in [3.8, 4) is 0 Å². The maximum absolute atomic E-state index is 12.0. The number of ketones is 1. The van der Waals surface area contributed by atoms with Crippen LogP contribution in [0.2, 0.25) is 0 Å². The lowest BCUT2D eigenvalue weighted by atomic mass is 9.88. The number of aliphatic hydroxyl groups excluding tert-OH is 1. The van der Waals surface area contributed by atoms with Gasteiger partial charge in [-0.1, -0.05) is 58.0 Å². The molecule has 2 aliphatic carbocycles. The number of benzene rings is 1. The highest BCUT2D eigenvalue weighted by Crippen LogP contribution is 2.41. The first kappa shape index (κ1) is 15.2. The number of allylic oxidation sites excluding steroid dienone is 3. The molecule has 1 aromatic rings. The summed E-state index contributed by atoms with van der Waals surface area (Å²) in [4.78, 5) is 12.0. The Morgan fingerprint density at radius 1 is 1.00 bits per heavy atom. The third-order valence-electron chi connectivity index (χ3n) is 3.10. The molecule has 0 heterocycles. The molecule has 0 radical (unpaired) electrons. The third kappa shape index (κ3) is 2.78. The molecule has 2 heteroatoms. The lowest BCUT2D eigenvalue weighted by Gasteiger charge is -2.15. The van der Waals surface area contributed by atoms with Crippen LogP contribution in [0, 0.1) is 5.92 Å². The Kier molecular flexibility index (Phi) is 5.56. The van der Waals surface area contributed by atoms with Crippen LogP contribution >= 0.6 is 0 Å². The summed E-state index contributed by atoms with van der Waals surface area (Å²) in [5.74, 6) is 0.223. The van der Waals surface area contributed by atoms with Crippen LogP contribution in [-0.2, 0) is 0 Å². The SMILES string of the molecule is CC.CC.O=C1c2ccccc2C2C=CC(O)=CC12. The molecule has 0 fully saturated rings. The van der Waals surface area contributed by atoms with E-state index in [0.717, 1.165) is 11.1 Å². The van der Waals surface area contributed by atoms with E-state index in [1.54, 1.807) is 12.2 Å². The molecule has 2 unspecified atom stereocenters. The molecular formula is C17H22O2. The first-order valence-corrected chi connectivity index (χ1v) is 6.99. The van der Waals surface area contributed by atoms with Crippen molar-refractivity contribution < 1.29 is 9.90 Å². The van der Waals surface area contributed by atoms with Gasteiger partial charge in [0.15, 0.2) is 5.78 Å². The van der Waals surface area contributed by atoms with Gasteiger partial charge in [-0.3, -0.25) is 4.79 Å². The van der Waals surface area contributed by atoms with Gasteiger partial charge in [-0.2, -0.15) is 0 Å². The maximum atomic E-state index is 12.0. The number of aliphatic hydroxyl groups is 1. The fraction of sp³-hybridized carbons (Fsp3) is 0.353. The quantitative estimate of drug-likeness (QED) is 0.735. The highest BCUT2D eigenvalue weighted by Gasteiger charge is 2.38. The average molecular weight is 258 g/mol. The third-order valence-corrected chi connectivity index (χ3v) is 3.10. The number of rotatable bonds is 0. The molecule has 3 rings (SSSR count). The van der Waals surface area contributed by atoms with Crippen molar-refractivity contribution in [3.63, 3.8) is 0 Å². The van der Waals surface area contributed by atoms with Crippen LogP contribution in [0.4, 0.5) is 0 Å². The van der Waals surface area contributed by atoms with Crippen molar-refractivity contribution in [2.45, 2.75) is 33.6 Å². The van der Waals surface area contributed by atoms with Gasteiger partial charge in [0.1, 0.15) is 5.76 Å². The Labute approximate surface area is 115 Å². The predicted octanol–water partition coefficient (Wildman–Crippen LogP) is 4.65. The fourth-order valence-corrected chi connectivity index (χ4v) is 2.39. The zero-order chi connectivity index (χ0) is 14.4. The van der Waals surface area contributed by atoms with Crippen molar-refractivity contribution in [2.24, 2.45) is 5.92 Å². The van der Waals surface area contributed by atoms with Crippen molar-refractivity contribution in [1.82, 2.24) is 0 Å². The molecule has 2 aliphatic rings. The molecule has 0 saturated carbocycles. The van der Waals surface area contributed by atoms with Gasteiger partial charge >= 0.3 is 0 Å². The highest BCUT2D eigenvalue weighted by molar-refractivity contribution is 6.04. The van der Waals surface area contributed by atoms with E-state index in [-0.39, 0.29) is 23.4 Å². The van der Waals surface area contributed by atoms with Gasteiger partial charge in [-0.05, 0) is 17.7 Å². The number of fused-ring (bicyclic) bond motifs is 3. The molecule has 19 heavy (non-hydrogen) atoms. The van der Waals surface area contributed by atoms with E-state index in [1.807, 2.05) is 58.0 Å². The first-order chi connectivity index (χ1) is 9.27. The van der Waals surface area contributed by atoms with Crippen molar-refractivity contribution in [3.05, 3.63) is 59.4 Å². The van der Waals surface area contributed by atoms with Crippen LogP contribution in [0.5, 0.6) is 0 Å². The number of carbonyl (C=O) groups is 1. The largest absolute Gasteiger partial charge is 0.508 e. The number of hydrogen-bond donors (Lipinski definition) is 1. The monoisotopic (exact) mass is 258 g/mol. The Morgan fingerprint density at radius 2 is 1.63 bits per heavy atom. The van der Waals surface area contributed by atoms with Gasteiger partial charge in [0.05, 0.1) is 5.92 Å². The van der Waals surface area contributed by atoms with Gasteiger partial charge in [0.25, 0.3) is 0 Å². The zero-order valence-corrected chi connectivity index (χ0v) is 12.1. The summed E-state index contributed by atoms with van der Waals surface area (Å²) in [6.45, 7) is 8.00. The number of Topliss-reactive ketones (excluding diaryl/α,β-unsaturated/α-hetero) is 1. The second kappa shape index (κ2) is 6.93. The van der Waals surface area contributed by atoms with Crippen molar-refractivity contribution in [2.75, 3.05) is 0 Å². The van der Waals surface area contributed by atoms with Crippen LogP contribution in [-0.4, -0.2) is 10.9 Å². The topological polar surface area (TPSA) is 37.3 Å². The van der Waals surface area contributed by atoms with Gasteiger partial charge in [0.2, 0.25) is 0 Å². The minimum Gasteiger partial charge on any atom is -0.508 e. The van der Waals surface area contributed by atoms with Gasteiger partial charge in [0, 0.05) is 11.5 Å². The summed E-state index contributed by atoms with van der Waals surface area (Å²) in [6, 6.07) is 7.66. The van der Waals surface area contributed by atoms with Crippen molar-refractivity contribution >= 4 is 5.78 Å². The summed E-state index contributed by atoms with van der Waals surface area (Å²) < 4.78 is 0. The molecule has 102 valence electrons. The minimum absolute atomic E-state index is 0.115. The molecule has 0 aromatic heterocycles. The molecule has 2 atom stereocenters. The van der Waals surface area contributed by atoms with E-state index in [2.05, 4.69) is 0 Å². The van der Waals surface area contributed by atoms with Gasteiger partial charge in [-0.15, -0.1) is 0 Å². The number of carbonyl (C=O) groups excluding carboxylic acids is 1. The summed E-state index contributed by atoms with van der Waals surface area (Å²) in [5, 5.41) is 9.38. The Balaban J connectivity index is 0.000000415. The number of hydrogen-bond acceptors (Lipinski definition) is 2. The summed E-state index contributed by atoms with van der Waals surface area (Å²) in [7, 11) is 0. The minimum atomic E-state index is -0.201. The summed E-state index contributed by atoms with van der Waals surface area (Å²) >= 11 is 0. The molecule has 0 amide bonds. The average Bonchev–Trinajstić information content (AvgIpc) is 2.77. The molecule has 0 aliphatic heterocycles. The Hall–Kier alpha value is -1.83. The van der Waals surface area contributed by atoms with Crippen LogP contribution in [0.15, 0.2) is 48.3 Å². The van der Waals surface area contributed by atoms with E-state index in [9.17, 15) is 9.90 Å². The zero-order valence-electron chi connectivity index (χ0n) is 12.1. The van der Waals surface area contributed by atoms with Crippen molar-refractivity contribution in [1.29, 1.82) is 0 Å². The fourth-order valence-electron chi connectivity index (χ4n) is 2.39. The Bertz CT molecular complexity index is 498. The lowest BCUT2D eigenvalue weighted by Crippen LogP contribution is -2.12. The Morgan fingerprint density at radius 3 is 2.32 bits per heavy atom. The van der Waals surface area contributed by atoms with Crippen LogP contribution < -0.4 is 0 Å². The van der Waals surface area contributed by atoms with E-state index in [4.69, 9.17) is 0 Å². The van der Waals surface area contributed by atoms with E-state index < -0.39 is 0 Å². The second-order valence-electron chi connectivity index (χ2n) is 3.95. The second-order valence-corrected chi connectivity index (χ2v) is 3.95. The molecule has 2 nitrogen and oxygen atoms in total. The molecule has 0 saturated heterocycles. The highest BCUT2D eigenvalue weighted by atomic mass is 16.3.